The van der Waals surface area contributed by atoms with Gasteiger partial charge in [0, 0.05) is 10.8 Å². The molecule has 1 aliphatic heterocycles. The fourth-order valence-corrected chi connectivity index (χ4v) is 5.30. The molecule has 176 valence electrons. The maximum absolute atomic E-state index is 6.40. The molecule has 0 spiro atoms. The number of benzene rings is 5. The number of para-hydroxylation sites is 1. The quantitative estimate of drug-likeness (QED) is 0.242. The molecule has 2 heterocycles. The molecule has 0 atom stereocenters. The zero-order chi connectivity index (χ0) is 24.7. The Morgan fingerprint density at radius 2 is 1.25 bits per heavy atom. The first-order valence-electron chi connectivity index (χ1n) is 12.5. The molecule has 0 amide bonds. The largest absolute Gasteiger partial charge is 0.495 e. The van der Waals surface area contributed by atoms with Gasteiger partial charge in [-0.2, -0.15) is 0 Å². The van der Waals surface area contributed by atoms with Crippen LogP contribution in [0.5, 0.6) is 0 Å². The van der Waals surface area contributed by atoms with Crippen LogP contribution in [-0.4, -0.2) is 18.3 Å². The summed E-state index contributed by atoms with van der Waals surface area (Å²) in [6, 6.07) is 32.3. The zero-order valence-corrected chi connectivity index (χ0v) is 21.0. The Morgan fingerprint density at radius 1 is 0.528 bits per heavy atom. The number of hydrogen-bond donors (Lipinski definition) is 0. The van der Waals surface area contributed by atoms with E-state index in [9.17, 15) is 0 Å². The summed E-state index contributed by atoms with van der Waals surface area (Å²) in [5.41, 5.74) is 4.52. The molecule has 0 N–H and O–H groups in total. The number of fused-ring (bicyclic) bond motifs is 5. The minimum atomic E-state index is -0.395. The van der Waals surface area contributed by atoms with Crippen LogP contribution < -0.4 is 5.46 Å². The Kier molecular flexibility index (Phi) is 4.49. The van der Waals surface area contributed by atoms with E-state index >= 15 is 0 Å². The van der Waals surface area contributed by atoms with Crippen LogP contribution in [0.1, 0.15) is 27.7 Å². The molecule has 1 aliphatic rings. The van der Waals surface area contributed by atoms with Gasteiger partial charge in [0.05, 0.1) is 11.2 Å². The van der Waals surface area contributed by atoms with Crippen molar-refractivity contribution in [3.8, 4) is 11.1 Å². The van der Waals surface area contributed by atoms with Crippen LogP contribution in [0.2, 0.25) is 0 Å². The first-order valence-corrected chi connectivity index (χ1v) is 12.5. The average Bonchev–Trinajstić information content (AvgIpc) is 3.33. The molecule has 0 unspecified atom stereocenters. The van der Waals surface area contributed by atoms with Crippen LogP contribution >= 0.6 is 0 Å². The fourth-order valence-electron chi connectivity index (χ4n) is 5.30. The van der Waals surface area contributed by atoms with Crippen molar-refractivity contribution >= 4 is 56.1 Å². The molecule has 0 saturated carbocycles. The number of furan rings is 1. The van der Waals surface area contributed by atoms with Gasteiger partial charge in [-0.1, -0.05) is 60.7 Å². The lowest BCUT2D eigenvalue weighted by Crippen LogP contribution is -2.41. The molecule has 4 heteroatoms. The maximum Gasteiger partial charge on any atom is 0.495 e. The topological polar surface area (TPSA) is 31.6 Å². The Morgan fingerprint density at radius 3 is 2.06 bits per heavy atom. The molecule has 6 aromatic rings. The summed E-state index contributed by atoms with van der Waals surface area (Å²) in [7, 11) is -0.395. The molecule has 0 radical (unpaired) electrons. The van der Waals surface area contributed by atoms with Crippen LogP contribution in [0.4, 0.5) is 0 Å². The van der Waals surface area contributed by atoms with E-state index in [-0.39, 0.29) is 11.2 Å². The standard InChI is InChI=1S/C32H27BO3/c1-31(2)32(3,4)36-33(35-31)28-10-7-8-20-12-13-22(17-26(20)28)21-14-15-23-19-30-27(18-24(23)16-21)25-9-5-6-11-29(25)34-30/h5-19H,1-4H3. The van der Waals surface area contributed by atoms with E-state index in [0.717, 1.165) is 32.8 Å². The molecule has 1 aromatic heterocycles. The summed E-state index contributed by atoms with van der Waals surface area (Å²) in [6.07, 6.45) is 0. The molecule has 0 bridgehead atoms. The first-order chi connectivity index (χ1) is 17.3. The van der Waals surface area contributed by atoms with Crippen molar-refractivity contribution < 1.29 is 13.7 Å². The smallest absolute Gasteiger partial charge is 0.456 e. The third-order valence-electron chi connectivity index (χ3n) is 8.09. The van der Waals surface area contributed by atoms with E-state index in [0.29, 0.717) is 0 Å². The van der Waals surface area contributed by atoms with E-state index in [2.05, 4.69) is 107 Å². The predicted octanol–water partition coefficient (Wildman–Crippen LogP) is 7.86. The second-order valence-electron chi connectivity index (χ2n) is 10.9. The lowest BCUT2D eigenvalue weighted by Gasteiger charge is -2.32. The van der Waals surface area contributed by atoms with Gasteiger partial charge in [0.25, 0.3) is 0 Å². The van der Waals surface area contributed by atoms with Gasteiger partial charge < -0.3 is 13.7 Å². The van der Waals surface area contributed by atoms with Gasteiger partial charge in [0.2, 0.25) is 0 Å². The highest BCUT2D eigenvalue weighted by Crippen LogP contribution is 2.38. The lowest BCUT2D eigenvalue weighted by atomic mass is 9.75. The molecule has 1 fully saturated rings. The van der Waals surface area contributed by atoms with E-state index in [1.165, 1.54) is 27.3 Å². The van der Waals surface area contributed by atoms with E-state index < -0.39 is 7.12 Å². The van der Waals surface area contributed by atoms with Gasteiger partial charge >= 0.3 is 7.12 Å². The number of rotatable bonds is 2. The van der Waals surface area contributed by atoms with E-state index in [1.807, 2.05) is 12.1 Å². The first kappa shape index (κ1) is 21.7. The van der Waals surface area contributed by atoms with Gasteiger partial charge in [-0.3, -0.25) is 0 Å². The normalized spacial score (nSPS) is 17.1. The van der Waals surface area contributed by atoms with Gasteiger partial charge in [-0.25, -0.2) is 0 Å². The Balaban J connectivity index is 1.35. The van der Waals surface area contributed by atoms with Gasteiger partial charge in [0.15, 0.2) is 0 Å². The van der Waals surface area contributed by atoms with Crippen molar-refractivity contribution in [1.29, 1.82) is 0 Å². The summed E-state index contributed by atoms with van der Waals surface area (Å²) in [6.45, 7) is 8.38. The average molecular weight is 470 g/mol. The second-order valence-corrected chi connectivity index (χ2v) is 10.9. The summed E-state index contributed by atoms with van der Waals surface area (Å²) in [4.78, 5) is 0. The number of hydrogen-bond acceptors (Lipinski definition) is 3. The van der Waals surface area contributed by atoms with E-state index in [4.69, 9.17) is 13.7 Å². The van der Waals surface area contributed by atoms with Crippen molar-refractivity contribution in [3.05, 3.63) is 91.0 Å². The molecular formula is C32H27BO3. The van der Waals surface area contributed by atoms with Gasteiger partial charge in [-0.15, -0.1) is 0 Å². The Bertz CT molecular complexity index is 1800. The third kappa shape index (κ3) is 3.22. The van der Waals surface area contributed by atoms with Crippen molar-refractivity contribution in [3.63, 3.8) is 0 Å². The van der Waals surface area contributed by atoms with Crippen molar-refractivity contribution in [1.82, 2.24) is 0 Å². The van der Waals surface area contributed by atoms with Gasteiger partial charge in [0.1, 0.15) is 11.2 Å². The second kappa shape index (κ2) is 7.46. The highest BCUT2D eigenvalue weighted by Gasteiger charge is 2.52. The maximum atomic E-state index is 6.40. The van der Waals surface area contributed by atoms with Crippen LogP contribution in [0.15, 0.2) is 95.4 Å². The van der Waals surface area contributed by atoms with Crippen LogP contribution in [0.25, 0.3) is 54.6 Å². The summed E-state index contributed by atoms with van der Waals surface area (Å²) >= 11 is 0. The zero-order valence-electron chi connectivity index (χ0n) is 21.0. The summed E-state index contributed by atoms with van der Waals surface area (Å²) in [5.74, 6) is 0. The molecule has 0 aliphatic carbocycles. The SMILES string of the molecule is CC1(C)OB(c2cccc3ccc(-c4ccc5cc6oc7ccccc7c6cc5c4)cc23)OC1(C)C. The highest BCUT2D eigenvalue weighted by molar-refractivity contribution is 6.65. The van der Waals surface area contributed by atoms with E-state index in [1.54, 1.807) is 0 Å². The fraction of sp³-hybridized carbons (Fsp3) is 0.188. The molecular weight excluding hydrogens is 443 g/mol. The minimum absolute atomic E-state index is 0.377. The molecule has 5 aromatic carbocycles. The van der Waals surface area contributed by atoms with Crippen molar-refractivity contribution in [2.24, 2.45) is 0 Å². The molecule has 7 rings (SSSR count). The van der Waals surface area contributed by atoms with Crippen LogP contribution in [0.3, 0.4) is 0 Å². The molecule has 36 heavy (non-hydrogen) atoms. The summed E-state index contributed by atoms with van der Waals surface area (Å²) < 4.78 is 18.9. The highest BCUT2D eigenvalue weighted by atomic mass is 16.7. The van der Waals surface area contributed by atoms with Gasteiger partial charge in [-0.05, 0) is 96.2 Å². The minimum Gasteiger partial charge on any atom is -0.456 e. The van der Waals surface area contributed by atoms with Crippen molar-refractivity contribution in [2.75, 3.05) is 0 Å². The van der Waals surface area contributed by atoms with Crippen LogP contribution in [0, 0.1) is 0 Å². The van der Waals surface area contributed by atoms with Crippen molar-refractivity contribution in [2.45, 2.75) is 38.9 Å². The lowest BCUT2D eigenvalue weighted by molar-refractivity contribution is 0.00578. The Labute approximate surface area is 210 Å². The third-order valence-corrected chi connectivity index (χ3v) is 8.09. The predicted molar refractivity (Wildman–Crippen MR) is 150 cm³/mol. The van der Waals surface area contributed by atoms with Crippen LogP contribution in [-0.2, 0) is 9.31 Å². The Hall–Kier alpha value is -3.60. The molecule has 1 saturated heterocycles. The summed E-state index contributed by atoms with van der Waals surface area (Å²) in [5, 5.41) is 7.01. The monoisotopic (exact) mass is 470 g/mol. The molecule has 3 nitrogen and oxygen atoms in total.